The Kier molecular flexibility index (Phi) is 5.47. The zero-order valence-corrected chi connectivity index (χ0v) is 12.3. The van der Waals surface area contributed by atoms with Crippen molar-refractivity contribution in [3.8, 4) is 11.5 Å². The lowest BCUT2D eigenvalue weighted by atomic mass is 10.0. The summed E-state index contributed by atoms with van der Waals surface area (Å²) in [5.41, 5.74) is 2.04. The van der Waals surface area contributed by atoms with Gasteiger partial charge < -0.3 is 14.6 Å². The minimum absolute atomic E-state index is 0.167. The minimum Gasteiger partial charge on any atom is -0.493 e. The van der Waals surface area contributed by atoms with Gasteiger partial charge in [-0.2, -0.15) is 0 Å². The third-order valence-corrected chi connectivity index (χ3v) is 3.51. The molecule has 0 heterocycles. The summed E-state index contributed by atoms with van der Waals surface area (Å²) in [5.74, 6) is 0.596. The molecule has 0 spiro atoms. The Morgan fingerprint density at radius 3 is 2.56 bits per heavy atom. The second kappa shape index (κ2) is 6.64. The molecule has 0 radical (unpaired) electrons. The molecule has 0 saturated heterocycles. The van der Waals surface area contributed by atoms with Gasteiger partial charge in [-0.05, 0) is 37.0 Å². The van der Waals surface area contributed by atoms with E-state index in [2.05, 4.69) is 15.9 Å². The molecule has 0 saturated carbocycles. The van der Waals surface area contributed by atoms with Gasteiger partial charge in [-0.3, -0.25) is 4.79 Å². The van der Waals surface area contributed by atoms with Crippen LogP contribution in [0, 0.1) is 6.92 Å². The molecule has 18 heavy (non-hydrogen) atoms. The average Bonchev–Trinajstić information content (AvgIpc) is 2.32. The molecular weight excluding hydrogens is 300 g/mol. The Balaban J connectivity index is 3.00. The summed E-state index contributed by atoms with van der Waals surface area (Å²) in [6.45, 7) is 1.95. The highest BCUT2D eigenvalue weighted by atomic mass is 79.9. The molecule has 0 aliphatic heterocycles. The van der Waals surface area contributed by atoms with E-state index in [1.807, 2.05) is 13.0 Å². The van der Waals surface area contributed by atoms with E-state index in [1.165, 1.54) is 0 Å². The van der Waals surface area contributed by atoms with Gasteiger partial charge in [0.1, 0.15) is 0 Å². The number of benzene rings is 1. The van der Waals surface area contributed by atoms with Gasteiger partial charge in [0.25, 0.3) is 0 Å². The predicted octanol–water partition coefficient (Wildman–Crippen LogP) is 3.18. The lowest BCUT2D eigenvalue weighted by Gasteiger charge is -2.16. The molecule has 0 atom stereocenters. The summed E-state index contributed by atoms with van der Waals surface area (Å²) in [4.78, 5) is 10.5. The molecule has 4 nitrogen and oxygen atoms in total. The third kappa shape index (κ3) is 3.38. The molecule has 1 aromatic rings. The second-order valence-corrected chi connectivity index (χ2v) is 4.80. The van der Waals surface area contributed by atoms with Crippen molar-refractivity contribution in [2.24, 2.45) is 0 Å². The lowest BCUT2D eigenvalue weighted by molar-refractivity contribution is -0.137. The Bertz CT molecular complexity index is 443. The summed E-state index contributed by atoms with van der Waals surface area (Å²) in [7, 11) is 3.19. The number of methoxy groups -OCH3 is 2. The van der Waals surface area contributed by atoms with E-state index in [1.54, 1.807) is 14.2 Å². The normalized spacial score (nSPS) is 10.2. The highest BCUT2D eigenvalue weighted by Gasteiger charge is 2.15. The Labute approximate surface area is 115 Å². The first-order chi connectivity index (χ1) is 8.51. The predicted molar refractivity (Wildman–Crippen MR) is 72.6 cm³/mol. The van der Waals surface area contributed by atoms with Crippen molar-refractivity contribution in [2.75, 3.05) is 14.2 Å². The van der Waals surface area contributed by atoms with E-state index < -0.39 is 5.97 Å². The summed E-state index contributed by atoms with van der Waals surface area (Å²) < 4.78 is 11.5. The van der Waals surface area contributed by atoms with Gasteiger partial charge in [0, 0.05) is 10.9 Å². The summed E-state index contributed by atoms with van der Waals surface area (Å²) in [6.07, 6.45) is 1.46. The largest absolute Gasteiger partial charge is 0.493 e. The van der Waals surface area contributed by atoms with Gasteiger partial charge in [0.2, 0.25) is 0 Å². The number of hydrogen-bond donors (Lipinski definition) is 1. The van der Waals surface area contributed by atoms with E-state index >= 15 is 0 Å². The van der Waals surface area contributed by atoms with Crippen LogP contribution >= 0.6 is 15.9 Å². The zero-order valence-electron chi connectivity index (χ0n) is 10.7. The van der Waals surface area contributed by atoms with Crippen molar-refractivity contribution in [3.05, 3.63) is 21.7 Å². The van der Waals surface area contributed by atoms with Gasteiger partial charge in [0.15, 0.2) is 11.5 Å². The molecule has 5 heteroatoms. The monoisotopic (exact) mass is 316 g/mol. The first kappa shape index (κ1) is 14.8. The lowest BCUT2D eigenvalue weighted by Crippen LogP contribution is -2.01. The Morgan fingerprint density at radius 1 is 1.39 bits per heavy atom. The molecule has 0 unspecified atom stereocenters. The van der Waals surface area contributed by atoms with Crippen LogP contribution in [0.1, 0.15) is 24.0 Å². The highest BCUT2D eigenvalue weighted by molar-refractivity contribution is 9.10. The second-order valence-electron chi connectivity index (χ2n) is 3.94. The molecule has 0 aromatic heterocycles. The quantitative estimate of drug-likeness (QED) is 0.875. The number of halogens is 1. The van der Waals surface area contributed by atoms with Crippen LogP contribution in [0.5, 0.6) is 11.5 Å². The molecule has 0 fully saturated rings. The Morgan fingerprint density at radius 2 is 2.06 bits per heavy atom. The molecule has 1 aromatic carbocycles. The molecule has 1 rings (SSSR count). The van der Waals surface area contributed by atoms with Crippen molar-refractivity contribution in [1.29, 1.82) is 0 Å². The number of ether oxygens (including phenoxy) is 2. The number of carboxylic acid groups (broad SMARTS) is 1. The molecule has 100 valence electrons. The standard InChI is InChI=1S/C13H17BrO4/c1-8-9(5-4-6-12(15)16)10(14)7-11(17-2)13(8)18-3/h7H,4-6H2,1-3H3,(H,15,16). The van der Waals surface area contributed by atoms with Crippen molar-refractivity contribution in [3.63, 3.8) is 0 Å². The fourth-order valence-electron chi connectivity index (χ4n) is 1.90. The van der Waals surface area contributed by atoms with Crippen LogP contribution in [-0.2, 0) is 11.2 Å². The molecule has 0 aliphatic rings. The van der Waals surface area contributed by atoms with Crippen LogP contribution in [0.2, 0.25) is 0 Å². The molecular formula is C13H17BrO4. The van der Waals surface area contributed by atoms with Crippen LogP contribution < -0.4 is 9.47 Å². The Hall–Kier alpha value is -1.23. The van der Waals surface area contributed by atoms with E-state index in [0.717, 1.165) is 15.6 Å². The van der Waals surface area contributed by atoms with Crippen LogP contribution in [0.25, 0.3) is 0 Å². The van der Waals surface area contributed by atoms with Crippen molar-refractivity contribution in [1.82, 2.24) is 0 Å². The first-order valence-electron chi connectivity index (χ1n) is 5.63. The topological polar surface area (TPSA) is 55.8 Å². The maximum Gasteiger partial charge on any atom is 0.303 e. The number of aliphatic carboxylic acids is 1. The summed E-state index contributed by atoms with van der Waals surface area (Å²) in [5, 5.41) is 8.66. The van der Waals surface area contributed by atoms with Crippen LogP contribution in [0.15, 0.2) is 10.5 Å². The molecule has 0 aliphatic carbocycles. The van der Waals surface area contributed by atoms with Crippen LogP contribution in [0.3, 0.4) is 0 Å². The SMILES string of the molecule is COc1cc(Br)c(CCCC(=O)O)c(C)c1OC. The van der Waals surface area contributed by atoms with Gasteiger partial charge in [0.05, 0.1) is 14.2 Å². The highest BCUT2D eigenvalue weighted by Crippen LogP contribution is 2.38. The van der Waals surface area contributed by atoms with Crippen molar-refractivity contribution >= 4 is 21.9 Å². The summed E-state index contributed by atoms with van der Waals surface area (Å²) >= 11 is 3.49. The summed E-state index contributed by atoms with van der Waals surface area (Å²) in [6, 6.07) is 1.85. The van der Waals surface area contributed by atoms with Crippen LogP contribution in [-0.4, -0.2) is 25.3 Å². The van der Waals surface area contributed by atoms with Gasteiger partial charge in [-0.15, -0.1) is 0 Å². The van der Waals surface area contributed by atoms with E-state index in [-0.39, 0.29) is 6.42 Å². The van der Waals surface area contributed by atoms with Crippen molar-refractivity contribution in [2.45, 2.75) is 26.2 Å². The maximum absolute atomic E-state index is 10.5. The smallest absolute Gasteiger partial charge is 0.303 e. The van der Waals surface area contributed by atoms with E-state index in [0.29, 0.717) is 24.3 Å². The maximum atomic E-state index is 10.5. The van der Waals surface area contributed by atoms with E-state index in [9.17, 15) is 4.79 Å². The van der Waals surface area contributed by atoms with Crippen LogP contribution in [0.4, 0.5) is 0 Å². The molecule has 0 bridgehead atoms. The first-order valence-corrected chi connectivity index (χ1v) is 6.42. The fourth-order valence-corrected chi connectivity index (χ4v) is 2.60. The van der Waals surface area contributed by atoms with E-state index in [4.69, 9.17) is 14.6 Å². The number of carboxylic acids is 1. The molecule has 0 amide bonds. The number of hydrogen-bond acceptors (Lipinski definition) is 3. The van der Waals surface area contributed by atoms with Gasteiger partial charge in [-0.1, -0.05) is 15.9 Å². The third-order valence-electron chi connectivity index (χ3n) is 2.80. The zero-order chi connectivity index (χ0) is 13.7. The minimum atomic E-state index is -0.774. The number of carbonyl (C=O) groups is 1. The number of rotatable bonds is 6. The fraction of sp³-hybridized carbons (Fsp3) is 0.462. The average molecular weight is 317 g/mol. The van der Waals surface area contributed by atoms with Crippen molar-refractivity contribution < 1.29 is 19.4 Å². The molecule has 1 N–H and O–H groups in total. The van der Waals surface area contributed by atoms with Gasteiger partial charge in [-0.25, -0.2) is 0 Å². The van der Waals surface area contributed by atoms with Gasteiger partial charge >= 0.3 is 5.97 Å².